The van der Waals surface area contributed by atoms with Crippen molar-refractivity contribution in [2.75, 3.05) is 33.3 Å². The fourth-order valence-electron chi connectivity index (χ4n) is 2.94. The van der Waals surface area contributed by atoms with Gasteiger partial charge in [-0.2, -0.15) is 0 Å². The highest BCUT2D eigenvalue weighted by Crippen LogP contribution is 2.23. The van der Waals surface area contributed by atoms with Crippen molar-refractivity contribution in [2.24, 2.45) is 0 Å². The Morgan fingerprint density at radius 3 is 2.65 bits per heavy atom. The molecule has 0 aromatic heterocycles. The van der Waals surface area contributed by atoms with Gasteiger partial charge in [0.25, 0.3) is 0 Å². The van der Waals surface area contributed by atoms with Crippen molar-refractivity contribution < 1.29 is 10.2 Å². The van der Waals surface area contributed by atoms with E-state index < -0.39 is 0 Å². The minimum Gasteiger partial charge on any atom is -0.508 e. The molecule has 0 amide bonds. The van der Waals surface area contributed by atoms with E-state index in [1.165, 1.54) is 0 Å². The molecule has 1 aliphatic heterocycles. The Hall–Kier alpha value is -1.10. The lowest BCUT2D eigenvalue weighted by Crippen LogP contribution is -2.44. The summed E-state index contributed by atoms with van der Waals surface area (Å²) in [6.07, 6.45) is 2.26. The predicted octanol–water partition coefficient (Wildman–Crippen LogP) is 1.59. The van der Waals surface area contributed by atoms with Gasteiger partial charge in [-0.3, -0.25) is 4.90 Å². The third kappa shape index (κ3) is 3.95. The molecule has 1 heterocycles. The van der Waals surface area contributed by atoms with E-state index in [0.29, 0.717) is 24.9 Å². The van der Waals surface area contributed by atoms with Crippen LogP contribution in [0.4, 0.5) is 0 Å². The van der Waals surface area contributed by atoms with Crippen LogP contribution in [0.5, 0.6) is 5.75 Å². The number of piperidine rings is 1. The number of aliphatic hydroxyl groups excluding tert-OH is 1. The second kappa shape index (κ2) is 7.07. The number of rotatable bonds is 5. The number of phenols is 1. The minimum absolute atomic E-state index is 0.166. The highest BCUT2D eigenvalue weighted by molar-refractivity contribution is 5.35. The van der Waals surface area contributed by atoms with Crippen LogP contribution in [0, 0.1) is 6.92 Å². The van der Waals surface area contributed by atoms with E-state index in [1.54, 1.807) is 6.07 Å². The molecule has 0 radical (unpaired) electrons. The van der Waals surface area contributed by atoms with E-state index in [2.05, 4.69) is 16.8 Å². The SMILES string of the molecule is Cc1ccc(O)c(CN(CCO)C2CCN(C)CC2)c1. The van der Waals surface area contributed by atoms with Gasteiger partial charge >= 0.3 is 0 Å². The van der Waals surface area contributed by atoms with Crippen LogP contribution in [0.15, 0.2) is 18.2 Å². The molecule has 1 aliphatic rings. The van der Waals surface area contributed by atoms with Gasteiger partial charge in [0.15, 0.2) is 0 Å². The third-order valence-corrected chi connectivity index (χ3v) is 4.20. The van der Waals surface area contributed by atoms with Crippen molar-refractivity contribution in [3.8, 4) is 5.75 Å². The van der Waals surface area contributed by atoms with Crippen LogP contribution in [-0.2, 0) is 6.54 Å². The average Bonchev–Trinajstić information content (AvgIpc) is 2.43. The summed E-state index contributed by atoms with van der Waals surface area (Å²) in [5.74, 6) is 0.353. The Morgan fingerprint density at radius 2 is 2.00 bits per heavy atom. The third-order valence-electron chi connectivity index (χ3n) is 4.20. The summed E-state index contributed by atoms with van der Waals surface area (Å²) in [7, 11) is 2.15. The standard InChI is InChI=1S/C16H26N2O2/c1-13-3-4-16(20)14(11-13)12-18(9-10-19)15-5-7-17(2)8-6-15/h3-4,11,15,19-20H,5-10,12H2,1-2H3. The summed E-state index contributed by atoms with van der Waals surface area (Å²) in [6, 6.07) is 6.22. The molecule has 1 aromatic carbocycles. The fourth-order valence-corrected chi connectivity index (χ4v) is 2.94. The fraction of sp³-hybridized carbons (Fsp3) is 0.625. The Morgan fingerprint density at radius 1 is 1.30 bits per heavy atom. The first-order valence-electron chi connectivity index (χ1n) is 7.42. The summed E-state index contributed by atoms with van der Waals surface area (Å²) < 4.78 is 0. The summed E-state index contributed by atoms with van der Waals surface area (Å²) >= 11 is 0. The highest BCUT2D eigenvalue weighted by atomic mass is 16.3. The maximum Gasteiger partial charge on any atom is 0.120 e. The molecule has 1 aromatic rings. The van der Waals surface area contributed by atoms with Gasteiger partial charge in [-0.05, 0) is 46.0 Å². The highest BCUT2D eigenvalue weighted by Gasteiger charge is 2.23. The molecule has 20 heavy (non-hydrogen) atoms. The maximum atomic E-state index is 10.00. The molecule has 1 fully saturated rings. The molecule has 0 unspecified atom stereocenters. The van der Waals surface area contributed by atoms with Crippen LogP contribution in [0.25, 0.3) is 0 Å². The van der Waals surface area contributed by atoms with Gasteiger partial charge in [0, 0.05) is 24.7 Å². The second-order valence-corrected chi connectivity index (χ2v) is 5.86. The maximum absolute atomic E-state index is 10.00. The Balaban J connectivity index is 2.06. The zero-order valence-electron chi connectivity index (χ0n) is 12.5. The van der Waals surface area contributed by atoms with E-state index in [0.717, 1.165) is 37.1 Å². The molecule has 4 heteroatoms. The zero-order chi connectivity index (χ0) is 14.5. The molecular weight excluding hydrogens is 252 g/mol. The molecular formula is C16H26N2O2. The van der Waals surface area contributed by atoms with Crippen molar-refractivity contribution in [3.05, 3.63) is 29.3 Å². The summed E-state index contributed by atoms with van der Waals surface area (Å²) in [5, 5.41) is 19.3. The largest absolute Gasteiger partial charge is 0.508 e. The smallest absolute Gasteiger partial charge is 0.120 e. The molecule has 0 saturated carbocycles. The number of phenolic OH excluding ortho intramolecular Hbond substituents is 1. The molecule has 1 saturated heterocycles. The Kier molecular flexibility index (Phi) is 5.40. The number of hydrogen-bond donors (Lipinski definition) is 2. The first kappa shape index (κ1) is 15.3. The predicted molar refractivity (Wildman–Crippen MR) is 80.9 cm³/mol. The van der Waals surface area contributed by atoms with Crippen LogP contribution < -0.4 is 0 Å². The molecule has 4 nitrogen and oxygen atoms in total. The molecule has 0 spiro atoms. The molecule has 2 rings (SSSR count). The lowest BCUT2D eigenvalue weighted by atomic mass is 10.0. The lowest BCUT2D eigenvalue weighted by Gasteiger charge is -2.37. The van der Waals surface area contributed by atoms with E-state index in [1.807, 2.05) is 19.1 Å². The van der Waals surface area contributed by atoms with Crippen molar-refractivity contribution >= 4 is 0 Å². The van der Waals surface area contributed by atoms with E-state index in [9.17, 15) is 10.2 Å². The molecule has 112 valence electrons. The number of nitrogens with zero attached hydrogens (tertiary/aromatic N) is 2. The number of aryl methyl sites for hydroxylation is 1. The monoisotopic (exact) mass is 278 g/mol. The van der Waals surface area contributed by atoms with Gasteiger partial charge in [-0.1, -0.05) is 17.7 Å². The van der Waals surface area contributed by atoms with Crippen LogP contribution in [-0.4, -0.2) is 59.3 Å². The number of aliphatic hydroxyl groups is 1. The van der Waals surface area contributed by atoms with Crippen LogP contribution >= 0.6 is 0 Å². The number of aromatic hydroxyl groups is 1. The van der Waals surface area contributed by atoms with Crippen molar-refractivity contribution in [2.45, 2.75) is 32.4 Å². The summed E-state index contributed by atoms with van der Waals surface area (Å²) in [4.78, 5) is 4.65. The van der Waals surface area contributed by atoms with Gasteiger partial charge in [-0.15, -0.1) is 0 Å². The van der Waals surface area contributed by atoms with Gasteiger partial charge in [0.2, 0.25) is 0 Å². The van der Waals surface area contributed by atoms with E-state index in [-0.39, 0.29) is 6.61 Å². The number of likely N-dealkylation sites (tertiary alicyclic amines) is 1. The van der Waals surface area contributed by atoms with Crippen molar-refractivity contribution in [3.63, 3.8) is 0 Å². The first-order valence-corrected chi connectivity index (χ1v) is 7.42. The molecule has 0 bridgehead atoms. The van der Waals surface area contributed by atoms with Gasteiger partial charge in [0.05, 0.1) is 6.61 Å². The molecule has 2 N–H and O–H groups in total. The number of hydrogen-bond acceptors (Lipinski definition) is 4. The Labute approximate surface area is 121 Å². The second-order valence-electron chi connectivity index (χ2n) is 5.86. The van der Waals surface area contributed by atoms with Crippen LogP contribution in [0.1, 0.15) is 24.0 Å². The quantitative estimate of drug-likeness (QED) is 0.858. The van der Waals surface area contributed by atoms with Gasteiger partial charge in [-0.25, -0.2) is 0 Å². The summed E-state index contributed by atoms with van der Waals surface area (Å²) in [5.41, 5.74) is 2.11. The molecule has 0 aliphatic carbocycles. The van der Waals surface area contributed by atoms with Crippen molar-refractivity contribution in [1.29, 1.82) is 0 Å². The number of benzene rings is 1. The average molecular weight is 278 g/mol. The molecule has 0 atom stereocenters. The van der Waals surface area contributed by atoms with Crippen molar-refractivity contribution in [1.82, 2.24) is 9.80 Å². The van der Waals surface area contributed by atoms with E-state index >= 15 is 0 Å². The first-order chi connectivity index (χ1) is 9.60. The van der Waals surface area contributed by atoms with Crippen LogP contribution in [0.2, 0.25) is 0 Å². The lowest BCUT2D eigenvalue weighted by molar-refractivity contribution is 0.0934. The zero-order valence-corrected chi connectivity index (χ0v) is 12.5. The Bertz CT molecular complexity index is 428. The van der Waals surface area contributed by atoms with Gasteiger partial charge in [0.1, 0.15) is 5.75 Å². The van der Waals surface area contributed by atoms with Gasteiger partial charge < -0.3 is 15.1 Å². The topological polar surface area (TPSA) is 46.9 Å². The summed E-state index contributed by atoms with van der Waals surface area (Å²) in [6.45, 7) is 5.79. The van der Waals surface area contributed by atoms with E-state index in [4.69, 9.17) is 0 Å². The normalized spacial score (nSPS) is 17.8. The minimum atomic E-state index is 0.166. The van der Waals surface area contributed by atoms with Crippen LogP contribution in [0.3, 0.4) is 0 Å².